The van der Waals surface area contributed by atoms with Crippen molar-refractivity contribution in [2.75, 3.05) is 11.9 Å². The van der Waals surface area contributed by atoms with Crippen LogP contribution in [0.2, 0.25) is 0 Å². The highest BCUT2D eigenvalue weighted by molar-refractivity contribution is 8.01. The second kappa shape index (κ2) is 7.79. The van der Waals surface area contributed by atoms with Gasteiger partial charge in [-0.1, -0.05) is 60.4 Å². The van der Waals surface area contributed by atoms with E-state index in [0.717, 1.165) is 40.8 Å². The fourth-order valence-electron chi connectivity index (χ4n) is 2.07. The topological polar surface area (TPSA) is 66.9 Å². The zero-order valence-corrected chi connectivity index (χ0v) is 14.6. The van der Waals surface area contributed by atoms with E-state index in [1.807, 2.05) is 30.3 Å². The molecule has 1 heterocycles. The number of benzene rings is 1. The maximum Gasteiger partial charge on any atom is 0.238 e. The van der Waals surface area contributed by atoms with Gasteiger partial charge in [-0.25, -0.2) is 0 Å². The Hall–Kier alpha value is -1.60. The van der Waals surface area contributed by atoms with Crippen LogP contribution in [0.5, 0.6) is 0 Å². The molecule has 1 unspecified atom stereocenters. The number of aromatic nitrogens is 2. The standard InChI is InChI=1S/C16H20N4OS2/c1-2-10-17-15-19-20-16(23-15)22-13(11-6-4-3-5-7-11)14(21)18-12-8-9-12/h3-7,12-13H,2,8-10H2,1H3,(H,17,19)(H,18,21). The zero-order valence-electron chi connectivity index (χ0n) is 13.0. The fourth-order valence-corrected chi connectivity index (χ4v) is 4.05. The second-order valence-electron chi connectivity index (χ2n) is 5.49. The summed E-state index contributed by atoms with van der Waals surface area (Å²) in [5.74, 6) is 0.0574. The smallest absolute Gasteiger partial charge is 0.238 e. The number of thioether (sulfide) groups is 1. The van der Waals surface area contributed by atoms with Crippen LogP contribution in [0.4, 0.5) is 5.13 Å². The third-order valence-corrected chi connectivity index (χ3v) is 5.64. The Kier molecular flexibility index (Phi) is 5.51. The Morgan fingerprint density at radius 3 is 2.83 bits per heavy atom. The first-order valence-corrected chi connectivity index (χ1v) is 9.55. The molecule has 3 rings (SSSR count). The van der Waals surface area contributed by atoms with Crippen molar-refractivity contribution in [2.24, 2.45) is 0 Å². The van der Waals surface area contributed by atoms with Gasteiger partial charge >= 0.3 is 0 Å². The fraction of sp³-hybridized carbons (Fsp3) is 0.438. The van der Waals surface area contributed by atoms with Gasteiger partial charge in [0.05, 0.1) is 0 Å². The number of carbonyl (C=O) groups excluding carboxylic acids is 1. The van der Waals surface area contributed by atoms with Gasteiger partial charge in [0.2, 0.25) is 11.0 Å². The number of nitrogens with one attached hydrogen (secondary N) is 2. The van der Waals surface area contributed by atoms with E-state index in [1.165, 1.54) is 23.1 Å². The number of hydrogen-bond acceptors (Lipinski definition) is 6. The molecule has 23 heavy (non-hydrogen) atoms. The van der Waals surface area contributed by atoms with Crippen molar-refractivity contribution >= 4 is 34.1 Å². The van der Waals surface area contributed by atoms with E-state index in [2.05, 4.69) is 27.8 Å². The van der Waals surface area contributed by atoms with Crippen LogP contribution in [0, 0.1) is 0 Å². The molecule has 1 aromatic heterocycles. The van der Waals surface area contributed by atoms with Crippen LogP contribution >= 0.6 is 23.1 Å². The Balaban J connectivity index is 1.72. The van der Waals surface area contributed by atoms with E-state index in [9.17, 15) is 4.79 Å². The number of carbonyl (C=O) groups is 1. The molecule has 0 bridgehead atoms. The average molecular weight is 348 g/mol. The highest BCUT2D eigenvalue weighted by atomic mass is 32.2. The molecule has 2 aromatic rings. The van der Waals surface area contributed by atoms with Gasteiger partial charge in [-0.2, -0.15) is 0 Å². The number of hydrogen-bond donors (Lipinski definition) is 2. The summed E-state index contributed by atoms with van der Waals surface area (Å²) in [6.07, 6.45) is 3.21. The van der Waals surface area contributed by atoms with E-state index < -0.39 is 0 Å². The number of nitrogens with zero attached hydrogens (tertiary/aromatic N) is 2. The molecule has 1 saturated carbocycles. The maximum atomic E-state index is 12.6. The highest BCUT2D eigenvalue weighted by Crippen LogP contribution is 2.38. The molecule has 0 aliphatic heterocycles. The van der Waals surface area contributed by atoms with Crippen LogP contribution in [0.1, 0.15) is 37.0 Å². The summed E-state index contributed by atoms with van der Waals surface area (Å²) < 4.78 is 0.809. The molecular weight excluding hydrogens is 328 g/mol. The normalized spacial score (nSPS) is 15.2. The van der Waals surface area contributed by atoms with E-state index >= 15 is 0 Å². The first kappa shape index (κ1) is 16.3. The number of amides is 1. The molecule has 1 atom stereocenters. The molecule has 1 amide bonds. The van der Waals surface area contributed by atoms with Crippen molar-refractivity contribution in [3.63, 3.8) is 0 Å². The van der Waals surface area contributed by atoms with Gasteiger partial charge in [0, 0.05) is 12.6 Å². The Labute approximate surface area is 144 Å². The molecule has 0 saturated heterocycles. The third kappa shape index (κ3) is 4.68. The van der Waals surface area contributed by atoms with Crippen LogP contribution in [0.15, 0.2) is 34.7 Å². The van der Waals surface area contributed by atoms with Gasteiger partial charge in [-0.3, -0.25) is 4.79 Å². The third-order valence-electron chi connectivity index (χ3n) is 3.42. The highest BCUT2D eigenvalue weighted by Gasteiger charge is 2.29. The van der Waals surface area contributed by atoms with Crippen molar-refractivity contribution in [3.8, 4) is 0 Å². The first-order valence-electron chi connectivity index (χ1n) is 7.85. The summed E-state index contributed by atoms with van der Waals surface area (Å²) in [6.45, 7) is 2.99. The first-order chi connectivity index (χ1) is 11.3. The van der Waals surface area contributed by atoms with Crippen LogP contribution in [0.25, 0.3) is 0 Å². The largest absolute Gasteiger partial charge is 0.360 e. The van der Waals surface area contributed by atoms with Crippen molar-refractivity contribution in [1.82, 2.24) is 15.5 Å². The lowest BCUT2D eigenvalue weighted by Crippen LogP contribution is -2.29. The molecule has 1 aliphatic rings. The van der Waals surface area contributed by atoms with Gasteiger partial charge in [-0.15, -0.1) is 10.2 Å². The van der Waals surface area contributed by atoms with Crippen molar-refractivity contribution in [1.29, 1.82) is 0 Å². The van der Waals surface area contributed by atoms with Crippen LogP contribution in [0.3, 0.4) is 0 Å². The predicted molar refractivity (Wildman–Crippen MR) is 94.9 cm³/mol. The predicted octanol–water partition coefficient (Wildman–Crippen LogP) is 3.47. The SMILES string of the molecule is CCCNc1nnc(SC(C(=O)NC2CC2)c2ccccc2)s1. The lowest BCUT2D eigenvalue weighted by atomic mass is 10.1. The summed E-state index contributed by atoms with van der Waals surface area (Å²) in [4.78, 5) is 12.6. The average Bonchev–Trinajstić information content (AvgIpc) is 3.27. The summed E-state index contributed by atoms with van der Waals surface area (Å²) in [7, 11) is 0. The van der Waals surface area contributed by atoms with Crippen LogP contribution < -0.4 is 10.6 Å². The Morgan fingerprint density at radius 2 is 2.13 bits per heavy atom. The van der Waals surface area contributed by atoms with Crippen molar-refractivity contribution in [2.45, 2.75) is 41.8 Å². The quantitative estimate of drug-likeness (QED) is 0.715. The van der Waals surface area contributed by atoms with Gasteiger partial charge in [0.1, 0.15) is 5.25 Å². The summed E-state index contributed by atoms with van der Waals surface area (Å²) in [5.41, 5.74) is 0.994. The maximum absolute atomic E-state index is 12.6. The summed E-state index contributed by atoms with van der Waals surface area (Å²) >= 11 is 2.96. The molecule has 5 nitrogen and oxygen atoms in total. The van der Waals surface area contributed by atoms with E-state index in [0.29, 0.717) is 6.04 Å². The summed E-state index contributed by atoms with van der Waals surface area (Å²) in [5, 5.41) is 15.2. The van der Waals surface area contributed by atoms with E-state index in [4.69, 9.17) is 0 Å². The molecule has 1 aliphatic carbocycles. The van der Waals surface area contributed by atoms with E-state index in [1.54, 1.807) is 0 Å². The zero-order chi connectivity index (χ0) is 16.1. The molecule has 0 spiro atoms. The Bertz CT molecular complexity index is 643. The van der Waals surface area contributed by atoms with Crippen LogP contribution in [-0.2, 0) is 4.79 Å². The summed E-state index contributed by atoms with van der Waals surface area (Å²) in [6, 6.07) is 10.2. The molecule has 7 heteroatoms. The number of rotatable bonds is 8. The lowest BCUT2D eigenvalue weighted by Gasteiger charge is -2.15. The molecule has 0 radical (unpaired) electrons. The van der Waals surface area contributed by atoms with Gasteiger partial charge < -0.3 is 10.6 Å². The monoisotopic (exact) mass is 348 g/mol. The second-order valence-corrected chi connectivity index (χ2v) is 7.82. The minimum absolute atomic E-state index is 0.0574. The van der Waals surface area contributed by atoms with Gasteiger partial charge in [0.25, 0.3) is 0 Å². The van der Waals surface area contributed by atoms with Gasteiger partial charge in [0.15, 0.2) is 4.34 Å². The molecule has 2 N–H and O–H groups in total. The molecule has 1 fully saturated rings. The number of anilines is 1. The van der Waals surface area contributed by atoms with Crippen molar-refractivity contribution in [3.05, 3.63) is 35.9 Å². The van der Waals surface area contributed by atoms with E-state index in [-0.39, 0.29) is 11.2 Å². The molecular formula is C16H20N4OS2. The molecule has 1 aromatic carbocycles. The van der Waals surface area contributed by atoms with Gasteiger partial charge in [-0.05, 0) is 24.8 Å². The minimum atomic E-state index is -0.288. The minimum Gasteiger partial charge on any atom is -0.360 e. The van der Waals surface area contributed by atoms with Crippen LogP contribution in [-0.4, -0.2) is 28.7 Å². The molecule has 122 valence electrons. The Morgan fingerprint density at radius 1 is 1.35 bits per heavy atom. The lowest BCUT2D eigenvalue weighted by molar-refractivity contribution is -0.120. The van der Waals surface area contributed by atoms with Crippen molar-refractivity contribution < 1.29 is 4.79 Å².